The smallest absolute Gasteiger partial charge is 0.353 e. The first-order valence-electron chi connectivity index (χ1n) is 11.0. The van der Waals surface area contributed by atoms with Crippen LogP contribution < -0.4 is 15.5 Å². The molecular weight excluding hydrogens is 447 g/mol. The van der Waals surface area contributed by atoms with Crippen LogP contribution in [0.2, 0.25) is 0 Å². The number of piperazine rings is 1. The quantitative estimate of drug-likeness (QED) is 0.699. The zero-order valence-corrected chi connectivity index (χ0v) is 18.1. The molecule has 1 saturated carbocycles. The highest BCUT2D eigenvalue weighted by Gasteiger charge is 2.30. The maximum absolute atomic E-state index is 13.0. The average Bonchev–Trinajstić information content (AvgIpc) is 3.56. The first kappa shape index (κ1) is 22.1. The Labute approximate surface area is 193 Å². The number of hydrogen-bond donors (Lipinski definition) is 2. The van der Waals surface area contributed by atoms with Gasteiger partial charge in [-0.25, -0.2) is 0 Å². The number of carbonyl (C=O) groups excluding carboxylic acids is 1. The SMILES string of the molecule is O=C1CN(c2nc(/C=C/c3cccc(C(F)(F)F)c3)nc(NC3=NCC(C4CC4)=C3)n2)CCN1. The van der Waals surface area contributed by atoms with Crippen LogP contribution in [0.3, 0.4) is 0 Å². The standard InChI is InChI=1S/C23H22F3N7O/c24-23(25,26)17-3-1-2-14(10-17)4-7-18-29-21(30-19-11-16(12-28-19)15-5-6-15)32-22(31-18)33-9-8-27-20(34)13-33/h1-4,7,10-11,15H,5-6,8-9,12-13H2,(H,27,34)(H,28,29,30,31,32)/b7-4+. The summed E-state index contributed by atoms with van der Waals surface area (Å²) in [4.78, 5) is 31.4. The molecule has 176 valence electrons. The van der Waals surface area contributed by atoms with Crippen molar-refractivity contribution in [1.82, 2.24) is 20.3 Å². The van der Waals surface area contributed by atoms with E-state index >= 15 is 0 Å². The minimum atomic E-state index is -4.43. The van der Waals surface area contributed by atoms with Crippen LogP contribution in [0, 0.1) is 5.92 Å². The second-order valence-electron chi connectivity index (χ2n) is 8.37. The van der Waals surface area contributed by atoms with Gasteiger partial charge in [-0.05, 0) is 54.2 Å². The second-order valence-corrected chi connectivity index (χ2v) is 8.37. The molecule has 2 aliphatic heterocycles. The number of rotatable bonds is 5. The molecule has 0 radical (unpaired) electrons. The van der Waals surface area contributed by atoms with Crippen molar-refractivity contribution in [1.29, 1.82) is 0 Å². The fourth-order valence-electron chi connectivity index (χ4n) is 3.79. The highest BCUT2D eigenvalue weighted by molar-refractivity contribution is 6.05. The number of benzene rings is 1. The topological polar surface area (TPSA) is 95.4 Å². The predicted octanol–water partition coefficient (Wildman–Crippen LogP) is 3.16. The maximum atomic E-state index is 13.0. The van der Waals surface area contributed by atoms with Crippen molar-refractivity contribution >= 4 is 35.8 Å². The summed E-state index contributed by atoms with van der Waals surface area (Å²) in [7, 11) is 0. The van der Waals surface area contributed by atoms with Crippen LogP contribution in [-0.2, 0) is 11.0 Å². The monoisotopic (exact) mass is 469 g/mol. The number of nitrogens with zero attached hydrogens (tertiary/aromatic N) is 5. The second kappa shape index (κ2) is 8.88. The largest absolute Gasteiger partial charge is 0.416 e. The molecule has 1 saturated heterocycles. The van der Waals surface area contributed by atoms with Crippen LogP contribution in [-0.4, -0.2) is 52.9 Å². The molecule has 34 heavy (non-hydrogen) atoms. The molecule has 5 rings (SSSR count). The van der Waals surface area contributed by atoms with Crippen LogP contribution in [0.1, 0.15) is 29.8 Å². The summed E-state index contributed by atoms with van der Waals surface area (Å²) >= 11 is 0. The maximum Gasteiger partial charge on any atom is 0.416 e. The lowest BCUT2D eigenvalue weighted by Gasteiger charge is -2.26. The third-order valence-electron chi connectivity index (χ3n) is 5.70. The van der Waals surface area contributed by atoms with E-state index in [1.54, 1.807) is 11.0 Å². The Balaban J connectivity index is 1.42. The Morgan fingerprint density at radius 2 is 2.00 bits per heavy atom. The summed E-state index contributed by atoms with van der Waals surface area (Å²) in [6.07, 6.45) is 2.99. The molecule has 11 heteroatoms. The number of halogens is 3. The van der Waals surface area contributed by atoms with Gasteiger partial charge in [0.2, 0.25) is 17.8 Å². The van der Waals surface area contributed by atoms with Crippen LogP contribution in [0.25, 0.3) is 12.2 Å². The molecule has 0 atom stereocenters. The van der Waals surface area contributed by atoms with Gasteiger partial charge in [0.15, 0.2) is 5.82 Å². The number of alkyl halides is 3. The number of carbonyl (C=O) groups is 1. The van der Waals surface area contributed by atoms with E-state index in [4.69, 9.17) is 0 Å². The van der Waals surface area contributed by atoms with Crippen molar-refractivity contribution in [3.05, 3.63) is 52.9 Å². The molecule has 0 unspecified atom stereocenters. The zero-order valence-electron chi connectivity index (χ0n) is 18.1. The average molecular weight is 469 g/mol. The van der Waals surface area contributed by atoms with Gasteiger partial charge in [0.1, 0.15) is 5.84 Å². The van der Waals surface area contributed by atoms with E-state index in [1.807, 2.05) is 6.08 Å². The van der Waals surface area contributed by atoms with Crippen molar-refractivity contribution in [2.75, 3.05) is 36.4 Å². The molecular formula is C23H22F3N7O. The molecule has 0 spiro atoms. The van der Waals surface area contributed by atoms with Crippen molar-refractivity contribution in [2.24, 2.45) is 10.9 Å². The lowest BCUT2D eigenvalue weighted by atomic mass is 10.1. The molecule has 3 heterocycles. The van der Waals surface area contributed by atoms with E-state index in [-0.39, 0.29) is 24.2 Å². The predicted molar refractivity (Wildman–Crippen MR) is 122 cm³/mol. The molecule has 1 aromatic heterocycles. The molecule has 1 amide bonds. The lowest BCUT2D eigenvalue weighted by molar-refractivity contribution is -0.137. The molecule has 1 aliphatic carbocycles. The lowest BCUT2D eigenvalue weighted by Crippen LogP contribution is -2.48. The minimum absolute atomic E-state index is 0.104. The fourth-order valence-corrected chi connectivity index (χ4v) is 3.79. The van der Waals surface area contributed by atoms with Gasteiger partial charge >= 0.3 is 6.18 Å². The van der Waals surface area contributed by atoms with E-state index in [0.717, 1.165) is 12.1 Å². The van der Waals surface area contributed by atoms with Crippen molar-refractivity contribution in [3.8, 4) is 0 Å². The molecule has 2 aromatic rings. The molecule has 0 bridgehead atoms. The molecule has 2 N–H and O–H groups in total. The summed E-state index contributed by atoms with van der Waals surface area (Å²) in [6.45, 7) is 1.74. The normalized spacial score (nSPS) is 18.7. The van der Waals surface area contributed by atoms with Crippen molar-refractivity contribution in [2.45, 2.75) is 19.0 Å². The van der Waals surface area contributed by atoms with E-state index in [0.29, 0.717) is 42.9 Å². The van der Waals surface area contributed by atoms with Gasteiger partial charge in [0.05, 0.1) is 18.7 Å². The first-order chi connectivity index (χ1) is 16.3. The van der Waals surface area contributed by atoms with Crippen LogP contribution >= 0.6 is 0 Å². The number of amides is 1. The summed E-state index contributed by atoms with van der Waals surface area (Å²) in [5, 5.41) is 5.87. The van der Waals surface area contributed by atoms with Gasteiger partial charge in [-0.15, -0.1) is 0 Å². The van der Waals surface area contributed by atoms with Crippen molar-refractivity contribution < 1.29 is 18.0 Å². The van der Waals surface area contributed by atoms with E-state index in [9.17, 15) is 18.0 Å². The van der Waals surface area contributed by atoms with Crippen LogP contribution in [0.5, 0.6) is 0 Å². The van der Waals surface area contributed by atoms with Crippen LogP contribution in [0.4, 0.5) is 25.1 Å². The zero-order chi connectivity index (χ0) is 23.7. The Morgan fingerprint density at radius 3 is 2.76 bits per heavy atom. The van der Waals surface area contributed by atoms with E-state index in [1.165, 1.54) is 36.6 Å². The third-order valence-corrected chi connectivity index (χ3v) is 5.70. The minimum Gasteiger partial charge on any atom is -0.353 e. The van der Waals surface area contributed by atoms with Gasteiger partial charge in [-0.2, -0.15) is 28.1 Å². The summed E-state index contributed by atoms with van der Waals surface area (Å²) < 4.78 is 39.1. The Hall–Kier alpha value is -3.76. The summed E-state index contributed by atoms with van der Waals surface area (Å²) in [5.74, 6) is 1.94. The van der Waals surface area contributed by atoms with E-state index in [2.05, 4.69) is 30.6 Å². The number of aromatic nitrogens is 3. The Kier molecular flexibility index (Phi) is 5.76. The van der Waals surface area contributed by atoms with E-state index < -0.39 is 11.7 Å². The van der Waals surface area contributed by atoms with Gasteiger partial charge < -0.3 is 15.5 Å². The van der Waals surface area contributed by atoms with Gasteiger partial charge in [0.25, 0.3) is 0 Å². The number of nitrogens with one attached hydrogen (secondary N) is 2. The molecule has 8 nitrogen and oxygen atoms in total. The Bertz CT molecular complexity index is 1200. The molecule has 2 fully saturated rings. The Morgan fingerprint density at radius 1 is 1.15 bits per heavy atom. The molecule has 1 aromatic carbocycles. The van der Waals surface area contributed by atoms with Gasteiger partial charge in [-0.1, -0.05) is 18.2 Å². The van der Waals surface area contributed by atoms with Crippen molar-refractivity contribution in [3.63, 3.8) is 0 Å². The number of amidine groups is 1. The number of hydrogen-bond acceptors (Lipinski definition) is 7. The first-order valence-corrected chi connectivity index (χ1v) is 11.0. The fraction of sp³-hybridized carbons (Fsp3) is 0.348. The number of aliphatic imine (C=N–C) groups is 1. The summed E-state index contributed by atoms with van der Waals surface area (Å²) in [6, 6.07) is 5.00. The van der Waals surface area contributed by atoms with Gasteiger partial charge in [-0.3, -0.25) is 9.79 Å². The molecule has 3 aliphatic rings. The number of anilines is 2. The summed E-state index contributed by atoms with van der Waals surface area (Å²) in [5.41, 5.74) is 0.917. The van der Waals surface area contributed by atoms with Gasteiger partial charge in [0, 0.05) is 13.1 Å². The third kappa shape index (κ3) is 5.24. The van der Waals surface area contributed by atoms with Crippen LogP contribution in [0.15, 0.2) is 40.9 Å². The highest BCUT2D eigenvalue weighted by atomic mass is 19.4. The highest BCUT2D eigenvalue weighted by Crippen LogP contribution is 2.37.